The molecular formula is C98H156O17. The average Bonchev–Trinajstić information content (AvgIpc) is 1.19. The Bertz CT molecular complexity index is 3130. The lowest BCUT2D eigenvalue weighted by atomic mass is 9.50. The van der Waals surface area contributed by atoms with Gasteiger partial charge < -0.3 is 42.6 Å². The van der Waals surface area contributed by atoms with Crippen molar-refractivity contribution in [2.45, 2.75) is 412 Å². The predicted octanol–water partition coefficient (Wildman–Crippen LogP) is 23.6. The minimum Gasteiger partial charge on any atom is -0.456 e. The van der Waals surface area contributed by atoms with E-state index >= 15 is 0 Å². The molecule has 115 heavy (non-hydrogen) atoms. The van der Waals surface area contributed by atoms with E-state index in [4.69, 9.17) is 42.6 Å². The van der Waals surface area contributed by atoms with E-state index in [1.807, 2.05) is 27.7 Å². The predicted molar refractivity (Wildman–Crippen MR) is 458 cm³/mol. The zero-order chi connectivity index (χ0) is 85.9. The zero-order valence-corrected chi connectivity index (χ0v) is 74.9. The van der Waals surface area contributed by atoms with Crippen molar-refractivity contribution >= 4 is 47.8 Å². The maximum Gasteiger partial charge on any atom is 0.333 e. The van der Waals surface area contributed by atoms with Gasteiger partial charge in [0, 0.05) is 57.4 Å². The lowest BCUT2D eigenvalue weighted by Crippen LogP contribution is -2.58. The van der Waals surface area contributed by atoms with E-state index < -0.39 is 0 Å². The second-order valence-electron chi connectivity index (χ2n) is 38.8. The first kappa shape index (κ1) is 99.2. The lowest BCUT2D eigenvalue weighted by molar-refractivity contribution is -0.200. The first-order valence-corrected chi connectivity index (χ1v) is 44.4. The van der Waals surface area contributed by atoms with Crippen LogP contribution in [0.25, 0.3) is 0 Å². The second kappa shape index (κ2) is 45.2. The minimum absolute atomic E-state index is 0.162. The van der Waals surface area contributed by atoms with Crippen LogP contribution >= 0.6 is 0 Å². The third-order valence-electron chi connectivity index (χ3n) is 26.9. The maximum absolute atomic E-state index is 11.8. The van der Waals surface area contributed by atoms with Crippen LogP contribution in [0.15, 0.2) is 97.2 Å². The molecule has 650 valence electrons. The Morgan fingerprint density at radius 3 is 0.713 bits per heavy atom. The number of hydrogen-bond acceptors (Lipinski definition) is 17. The van der Waals surface area contributed by atoms with E-state index in [1.54, 1.807) is 55.4 Å². The van der Waals surface area contributed by atoms with Gasteiger partial charge in [-0.05, 0) is 357 Å². The maximum atomic E-state index is 11.8. The molecule has 8 bridgehead atoms. The molecule has 14 aliphatic rings. The van der Waals surface area contributed by atoms with Crippen LogP contribution in [0.4, 0.5) is 0 Å². The Balaban J connectivity index is 0.000000235. The molecule has 0 radical (unpaired) electrons. The van der Waals surface area contributed by atoms with Gasteiger partial charge >= 0.3 is 47.8 Å². The highest BCUT2D eigenvalue weighted by Gasteiger charge is 2.59. The van der Waals surface area contributed by atoms with E-state index in [0.29, 0.717) is 81.5 Å². The summed E-state index contributed by atoms with van der Waals surface area (Å²) in [6.45, 7) is 60.4. The topological polar surface area (TPSA) is 220 Å². The van der Waals surface area contributed by atoms with Crippen LogP contribution in [0.5, 0.6) is 0 Å². The largest absolute Gasteiger partial charge is 0.456 e. The van der Waals surface area contributed by atoms with Gasteiger partial charge in [-0.3, -0.25) is 0 Å². The summed E-state index contributed by atoms with van der Waals surface area (Å²) >= 11 is 0. The van der Waals surface area contributed by atoms with Crippen LogP contribution in [-0.4, -0.2) is 106 Å². The molecule has 0 aromatic rings. The summed E-state index contributed by atoms with van der Waals surface area (Å²) in [5.74, 6) is 4.16. The molecule has 0 aromatic heterocycles. The first-order chi connectivity index (χ1) is 53.7. The molecule has 0 amide bonds. The number of unbranched alkanes of at least 4 members (excludes halogenated alkanes) is 2. The summed E-state index contributed by atoms with van der Waals surface area (Å²) in [4.78, 5) is 91.7. The molecular weight excluding hydrogens is 1450 g/mol. The van der Waals surface area contributed by atoms with Crippen molar-refractivity contribution in [3.05, 3.63) is 97.2 Å². The molecule has 0 spiro atoms. The number of carbonyl (C=O) groups excluding carboxylic acids is 8. The van der Waals surface area contributed by atoms with E-state index in [2.05, 4.69) is 80.3 Å². The number of esters is 8. The molecule has 1 saturated heterocycles. The molecule has 17 nitrogen and oxygen atoms in total. The van der Waals surface area contributed by atoms with Crippen molar-refractivity contribution in [3.8, 4) is 0 Å². The van der Waals surface area contributed by atoms with Crippen molar-refractivity contribution < 1.29 is 81.0 Å². The highest BCUT2D eigenvalue weighted by atomic mass is 16.6. The highest BCUT2D eigenvalue weighted by molar-refractivity contribution is 5.90. The van der Waals surface area contributed by atoms with Crippen LogP contribution in [0.1, 0.15) is 368 Å². The summed E-state index contributed by atoms with van der Waals surface area (Å²) in [7, 11) is 0. The van der Waals surface area contributed by atoms with Crippen LogP contribution < -0.4 is 0 Å². The third-order valence-corrected chi connectivity index (χ3v) is 26.9. The lowest BCUT2D eigenvalue weighted by Gasteiger charge is -2.59. The average molecular weight is 1610 g/mol. The normalized spacial score (nSPS) is 28.2. The molecule has 1 heterocycles. The Morgan fingerprint density at radius 2 is 0.470 bits per heavy atom. The van der Waals surface area contributed by atoms with E-state index in [0.717, 1.165) is 107 Å². The summed E-state index contributed by atoms with van der Waals surface area (Å²) in [5, 5.41) is 0. The fraction of sp³-hybridized carbons (Fsp3) is 0.755. The highest BCUT2D eigenvalue weighted by Crippen LogP contribution is 2.61. The standard InChI is InChI=1S/2C15H22O2.C14H24O2.C13H22O2.C11H18O2.C10H16O3.2C10H16O2/c2*1-9(2)14(16)17-15(3)12-5-10-4-11(7-12)8-13(15)6-10;1-4-5-6-9-14(10-7-8-11-14)16-13(15)12(2)3;1-11(2)12(14)15-13(3)9-7-5-4-6-8-10-13;1-9(2)10(12)13-11(3)7-5-4-6-8-11;1-8(2)9(11)13-10(3)4-6-12-7-5-10;2*1-8(2)9(11)12-10(3)6-4-5-7-10/h2*10-13H,1,4-8H2,2-3H3;2,4-11H2,1,3H3;1,4-10H2,2-3H3;1,4-8H2,2-3H3;1,4-7H2,2-3H3;2*1,4-7H2,2-3H3. The summed E-state index contributed by atoms with van der Waals surface area (Å²) in [5.41, 5.74) is 2.16. The number of hydrogen-bond donors (Lipinski definition) is 0. The van der Waals surface area contributed by atoms with Gasteiger partial charge in [-0.25, -0.2) is 38.4 Å². The Kier molecular flexibility index (Phi) is 39.0. The Hall–Kier alpha value is -6.36. The molecule has 13 saturated carbocycles. The fourth-order valence-corrected chi connectivity index (χ4v) is 19.6. The molecule has 0 aromatic carbocycles. The van der Waals surface area contributed by atoms with Gasteiger partial charge in [0.05, 0.1) is 13.2 Å². The Morgan fingerprint density at radius 1 is 0.270 bits per heavy atom. The number of rotatable bonds is 20. The molecule has 14 rings (SSSR count). The van der Waals surface area contributed by atoms with Crippen LogP contribution in [0, 0.1) is 47.3 Å². The van der Waals surface area contributed by atoms with E-state index in [1.165, 1.54) is 173 Å². The summed E-state index contributed by atoms with van der Waals surface area (Å²) < 4.78 is 49.4. The first-order valence-electron chi connectivity index (χ1n) is 44.4. The van der Waals surface area contributed by atoms with Gasteiger partial charge in [0.25, 0.3) is 0 Å². The minimum atomic E-state index is -0.353. The van der Waals surface area contributed by atoms with Crippen molar-refractivity contribution in [1.82, 2.24) is 0 Å². The van der Waals surface area contributed by atoms with Crippen LogP contribution in [-0.2, 0) is 81.0 Å². The van der Waals surface area contributed by atoms with Gasteiger partial charge in [0.1, 0.15) is 44.8 Å². The summed E-state index contributed by atoms with van der Waals surface area (Å²) in [6.07, 6.45) is 46.0. The van der Waals surface area contributed by atoms with Crippen LogP contribution in [0.3, 0.4) is 0 Å². The zero-order valence-electron chi connectivity index (χ0n) is 74.9. The van der Waals surface area contributed by atoms with Gasteiger partial charge in [-0.2, -0.15) is 0 Å². The quantitative estimate of drug-likeness (QED) is 0.0479. The molecule has 0 unspecified atom stereocenters. The SMILES string of the molecule is C=C(C)C(=O)OC1(C)C2CC3CC(C2)CC1C3.C=C(C)C(=O)OC1(C)C2CC3CC(C2)CC1C3.C=C(C)C(=O)OC1(C)CCCC1.C=C(C)C(=O)OC1(C)CCCC1.C=C(C)C(=O)OC1(C)CCCCC1.C=C(C)C(=O)OC1(C)CCCCCCC1.C=C(C)C(=O)OC1(C)CCOCC1.C=C(C)C(=O)OC1(CCCCC)CCCC1. The third kappa shape index (κ3) is 31.7. The molecule has 0 atom stereocenters. The van der Waals surface area contributed by atoms with Gasteiger partial charge in [-0.15, -0.1) is 0 Å². The van der Waals surface area contributed by atoms with Gasteiger partial charge in [0.2, 0.25) is 0 Å². The van der Waals surface area contributed by atoms with Crippen molar-refractivity contribution in [3.63, 3.8) is 0 Å². The fourth-order valence-electron chi connectivity index (χ4n) is 19.6. The number of ether oxygens (including phenoxy) is 9. The number of carbonyl (C=O) groups is 8. The molecule has 14 fully saturated rings. The van der Waals surface area contributed by atoms with Gasteiger partial charge in [-0.1, -0.05) is 98.1 Å². The van der Waals surface area contributed by atoms with Crippen molar-refractivity contribution in [1.29, 1.82) is 0 Å². The second-order valence-corrected chi connectivity index (χ2v) is 38.8. The van der Waals surface area contributed by atoms with Crippen molar-refractivity contribution in [2.75, 3.05) is 13.2 Å². The molecule has 13 aliphatic carbocycles. The van der Waals surface area contributed by atoms with Crippen LogP contribution in [0.2, 0.25) is 0 Å². The van der Waals surface area contributed by atoms with E-state index in [9.17, 15) is 38.4 Å². The van der Waals surface area contributed by atoms with E-state index in [-0.39, 0.29) is 92.6 Å². The summed E-state index contributed by atoms with van der Waals surface area (Å²) in [6, 6.07) is 0. The molecule has 0 N–H and O–H groups in total. The van der Waals surface area contributed by atoms with Crippen molar-refractivity contribution in [2.24, 2.45) is 47.3 Å². The molecule has 17 heteroatoms. The smallest absolute Gasteiger partial charge is 0.333 e. The Labute approximate surface area is 695 Å². The monoisotopic (exact) mass is 1610 g/mol. The molecule has 1 aliphatic heterocycles. The van der Waals surface area contributed by atoms with Gasteiger partial charge in [0.15, 0.2) is 0 Å².